The average molecular weight is 510 g/mol. The van der Waals surface area contributed by atoms with E-state index in [2.05, 4.69) is 20.6 Å². The standard InChI is InChI=1S/C26H21F3N4O4/c1-14(34)22-23(21-13-30-10-11-36-21)17-7-6-15(12-20(17)37-24(22)35)32-25-31-9-8-19(33-25)16-4-2-3-5-18(16)26(27,28)29/h2-9,12,21,30H,10-11,13H2,1H3,(H,31,32,33). The van der Waals surface area contributed by atoms with Gasteiger partial charge in [0, 0.05) is 47.6 Å². The number of carbonyl (C=O) groups is 1. The topological polar surface area (TPSA) is 106 Å². The molecule has 1 aliphatic heterocycles. The summed E-state index contributed by atoms with van der Waals surface area (Å²) in [5.41, 5.74) is -0.520. The minimum absolute atomic E-state index is 0.0524. The number of hydrogen-bond acceptors (Lipinski definition) is 8. The number of Topliss-reactive ketones (excluding diaryl/α,β-unsaturated/α-hetero) is 1. The maximum Gasteiger partial charge on any atom is 0.417 e. The number of ether oxygens (including phenoxy) is 1. The molecule has 190 valence electrons. The molecule has 1 atom stereocenters. The van der Waals surface area contributed by atoms with Gasteiger partial charge < -0.3 is 19.8 Å². The quantitative estimate of drug-likeness (QED) is 0.289. The summed E-state index contributed by atoms with van der Waals surface area (Å²) in [5, 5.41) is 6.68. The van der Waals surface area contributed by atoms with Crippen LogP contribution in [0.4, 0.5) is 24.8 Å². The van der Waals surface area contributed by atoms with Crippen molar-refractivity contribution < 1.29 is 27.1 Å². The summed E-state index contributed by atoms with van der Waals surface area (Å²) in [6.07, 6.45) is -3.70. The molecule has 0 spiro atoms. The molecule has 5 rings (SSSR count). The van der Waals surface area contributed by atoms with Gasteiger partial charge in [-0.25, -0.2) is 14.8 Å². The molecule has 11 heteroatoms. The van der Waals surface area contributed by atoms with Crippen LogP contribution in [0.5, 0.6) is 0 Å². The maximum absolute atomic E-state index is 13.5. The predicted octanol–water partition coefficient (Wildman–Crippen LogP) is 4.88. The van der Waals surface area contributed by atoms with Crippen LogP contribution in [-0.4, -0.2) is 35.4 Å². The highest BCUT2D eigenvalue weighted by atomic mass is 19.4. The van der Waals surface area contributed by atoms with Gasteiger partial charge in [-0.15, -0.1) is 0 Å². The van der Waals surface area contributed by atoms with Gasteiger partial charge in [0.05, 0.1) is 24.0 Å². The summed E-state index contributed by atoms with van der Waals surface area (Å²) in [4.78, 5) is 33.4. The SMILES string of the molecule is CC(=O)c1c(C2CNCCO2)c2ccc(Nc3nccc(-c4ccccc4C(F)(F)F)n3)cc2oc1=O. The van der Waals surface area contributed by atoms with Gasteiger partial charge in [0.2, 0.25) is 5.95 Å². The number of fused-ring (bicyclic) bond motifs is 1. The third kappa shape index (κ3) is 4.95. The zero-order valence-corrected chi connectivity index (χ0v) is 19.6. The van der Waals surface area contributed by atoms with E-state index in [4.69, 9.17) is 9.15 Å². The highest BCUT2D eigenvalue weighted by molar-refractivity contribution is 6.00. The van der Waals surface area contributed by atoms with Gasteiger partial charge in [0.15, 0.2) is 5.78 Å². The number of nitrogens with one attached hydrogen (secondary N) is 2. The first-order valence-electron chi connectivity index (χ1n) is 11.4. The Balaban J connectivity index is 1.53. The van der Waals surface area contributed by atoms with E-state index in [1.807, 2.05) is 0 Å². The number of carbonyl (C=O) groups excluding carboxylic acids is 1. The fourth-order valence-electron chi connectivity index (χ4n) is 4.37. The minimum atomic E-state index is -4.54. The molecule has 1 saturated heterocycles. The molecule has 2 N–H and O–H groups in total. The van der Waals surface area contributed by atoms with Crippen molar-refractivity contribution in [3.63, 3.8) is 0 Å². The van der Waals surface area contributed by atoms with Crippen molar-refractivity contribution in [3.8, 4) is 11.3 Å². The predicted molar refractivity (Wildman–Crippen MR) is 130 cm³/mol. The number of nitrogens with zero attached hydrogens (tertiary/aromatic N) is 2. The molecule has 0 radical (unpaired) electrons. The maximum atomic E-state index is 13.5. The fraction of sp³-hybridized carbons (Fsp3) is 0.231. The first kappa shape index (κ1) is 24.6. The number of ketones is 1. The second kappa shape index (κ2) is 9.75. The number of anilines is 2. The molecule has 37 heavy (non-hydrogen) atoms. The van der Waals surface area contributed by atoms with Gasteiger partial charge in [-0.1, -0.05) is 18.2 Å². The summed E-state index contributed by atoms with van der Waals surface area (Å²) in [5.74, 6) is -0.372. The molecule has 0 saturated carbocycles. The summed E-state index contributed by atoms with van der Waals surface area (Å²) in [6.45, 7) is 2.81. The van der Waals surface area contributed by atoms with E-state index in [1.165, 1.54) is 37.4 Å². The molecule has 2 aromatic carbocycles. The van der Waals surface area contributed by atoms with E-state index < -0.39 is 29.3 Å². The van der Waals surface area contributed by atoms with Crippen molar-refractivity contribution in [2.45, 2.75) is 19.2 Å². The van der Waals surface area contributed by atoms with E-state index in [0.29, 0.717) is 36.3 Å². The summed E-state index contributed by atoms with van der Waals surface area (Å²) < 4.78 is 51.7. The molecule has 1 unspecified atom stereocenters. The molecule has 3 heterocycles. The first-order valence-corrected chi connectivity index (χ1v) is 11.4. The summed E-state index contributed by atoms with van der Waals surface area (Å²) in [6, 6.07) is 11.4. The second-order valence-electron chi connectivity index (χ2n) is 8.44. The molecule has 8 nitrogen and oxygen atoms in total. The van der Waals surface area contributed by atoms with E-state index in [-0.39, 0.29) is 28.4 Å². The lowest BCUT2D eigenvalue weighted by Crippen LogP contribution is -2.35. The van der Waals surface area contributed by atoms with Gasteiger partial charge in [-0.3, -0.25) is 4.79 Å². The first-order chi connectivity index (χ1) is 17.7. The van der Waals surface area contributed by atoms with Crippen molar-refractivity contribution >= 4 is 28.4 Å². The third-order valence-electron chi connectivity index (χ3n) is 5.97. The molecule has 0 bridgehead atoms. The van der Waals surface area contributed by atoms with E-state index in [9.17, 15) is 22.8 Å². The zero-order valence-electron chi connectivity index (χ0n) is 19.6. The van der Waals surface area contributed by atoms with Crippen LogP contribution in [0.25, 0.3) is 22.2 Å². The van der Waals surface area contributed by atoms with Gasteiger partial charge in [0.25, 0.3) is 0 Å². The lowest BCUT2D eigenvalue weighted by molar-refractivity contribution is -0.137. The number of rotatable bonds is 5. The Morgan fingerprint density at radius 1 is 1.16 bits per heavy atom. The minimum Gasteiger partial charge on any atom is -0.422 e. The van der Waals surface area contributed by atoms with Crippen molar-refractivity contribution in [2.24, 2.45) is 0 Å². The number of aromatic nitrogens is 2. The highest BCUT2D eigenvalue weighted by Crippen LogP contribution is 2.36. The number of benzene rings is 2. The molecule has 4 aromatic rings. The number of alkyl halides is 3. The Morgan fingerprint density at radius 2 is 1.97 bits per heavy atom. The Kier molecular flexibility index (Phi) is 6.48. The van der Waals surface area contributed by atoms with Crippen LogP contribution in [0.15, 0.2) is 63.9 Å². The zero-order chi connectivity index (χ0) is 26.2. The van der Waals surface area contributed by atoms with Gasteiger partial charge >= 0.3 is 11.8 Å². The fourth-order valence-corrected chi connectivity index (χ4v) is 4.37. The van der Waals surface area contributed by atoms with E-state index in [0.717, 1.165) is 6.07 Å². The van der Waals surface area contributed by atoms with Crippen molar-refractivity contribution in [1.82, 2.24) is 15.3 Å². The van der Waals surface area contributed by atoms with Crippen LogP contribution in [-0.2, 0) is 10.9 Å². The third-order valence-corrected chi connectivity index (χ3v) is 5.97. The lowest BCUT2D eigenvalue weighted by atomic mass is 9.96. The van der Waals surface area contributed by atoms with Crippen molar-refractivity contribution in [3.05, 3.63) is 81.8 Å². The Hall–Kier alpha value is -4.09. The van der Waals surface area contributed by atoms with Crippen LogP contribution in [0.2, 0.25) is 0 Å². The van der Waals surface area contributed by atoms with Crippen LogP contribution < -0.4 is 16.3 Å². The Bertz CT molecular complexity index is 1550. The Morgan fingerprint density at radius 3 is 2.70 bits per heavy atom. The van der Waals surface area contributed by atoms with Gasteiger partial charge in [0.1, 0.15) is 11.1 Å². The molecule has 1 aliphatic rings. The molecular formula is C26H21F3N4O4. The summed E-state index contributed by atoms with van der Waals surface area (Å²) in [7, 11) is 0. The summed E-state index contributed by atoms with van der Waals surface area (Å²) >= 11 is 0. The molecule has 0 aliphatic carbocycles. The van der Waals surface area contributed by atoms with Gasteiger partial charge in [-0.05, 0) is 31.2 Å². The van der Waals surface area contributed by atoms with Crippen molar-refractivity contribution in [2.75, 3.05) is 25.0 Å². The van der Waals surface area contributed by atoms with Crippen LogP contribution >= 0.6 is 0 Å². The van der Waals surface area contributed by atoms with Crippen LogP contribution in [0, 0.1) is 0 Å². The van der Waals surface area contributed by atoms with E-state index >= 15 is 0 Å². The number of morpholine rings is 1. The number of halogens is 3. The van der Waals surface area contributed by atoms with Crippen LogP contribution in [0.1, 0.15) is 34.5 Å². The van der Waals surface area contributed by atoms with Crippen molar-refractivity contribution in [1.29, 1.82) is 0 Å². The van der Waals surface area contributed by atoms with Crippen LogP contribution in [0.3, 0.4) is 0 Å². The smallest absolute Gasteiger partial charge is 0.417 e. The van der Waals surface area contributed by atoms with E-state index in [1.54, 1.807) is 18.2 Å². The second-order valence-corrected chi connectivity index (χ2v) is 8.44. The highest BCUT2D eigenvalue weighted by Gasteiger charge is 2.33. The molecule has 0 amide bonds. The molecule has 1 fully saturated rings. The largest absolute Gasteiger partial charge is 0.422 e. The average Bonchev–Trinajstić information content (AvgIpc) is 2.88. The molecular weight excluding hydrogens is 489 g/mol. The van der Waals surface area contributed by atoms with Gasteiger partial charge in [-0.2, -0.15) is 13.2 Å². The molecule has 2 aromatic heterocycles. The normalized spacial score (nSPS) is 16.1. The lowest BCUT2D eigenvalue weighted by Gasteiger charge is -2.26. The Labute approximate surface area is 208 Å². The monoisotopic (exact) mass is 510 g/mol. The number of hydrogen-bond donors (Lipinski definition) is 2.